The van der Waals surface area contributed by atoms with Gasteiger partial charge in [0.15, 0.2) is 5.54 Å². The van der Waals surface area contributed by atoms with Crippen LogP contribution < -0.4 is 5.32 Å². The number of hydrogen-bond donors (Lipinski definition) is 1. The Labute approximate surface area is 156 Å². The number of carbonyl (C=O) groups is 2. The Kier molecular flexibility index (Phi) is 3.89. The third-order valence-electron chi connectivity index (χ3n) is 4.84. The second-order valence-electron chi connectivity index (χ2n) is 6.40. The summed E-state index contributed by atoms with van der Waals surface area (Å²) in [6.45, 7) is 1.94. The monoisotopic (exact) mass is 361 g/mol. The molecule has 128 valence electrons. The Morgan fingerprint density at radius 2 is 1.31 bits per heavy atom. The Morgan fingerprint density at radius 3 is 1.88 bits per heavy atom. The lowest BCUT2D eigenvalue weighted by Gasteiger charge is -2.30. The highest BCUT2D eigenvalue weighted by molar-refractivity contribution is 6.34. The maximum Gasteiger partial charge on any atom is 0.201 e. The summed E-state index contributed by atoms with van der Waals surface area (Å²) in [5.74, 6) is -0.493. The molecule has 3 aromatic rings. The van der Waals surface area contributed by atoms with Crippen molar-refractivity contribution in [3.05, 3.63) is 100 Å². The first-order valence-electron chi connectivity index (χ1n) is 8.32. The van der Waals surface area contributed by atoms with Crippen molar-refractivity contribution in [2.75, 3.05) is 5.32 Å². The molecule has 0 radical (unpaired) electrons. The third-order valence-corrected chi connectivity index (χ3v) is 5.09. The molecule has 0 saturated carbocycles. The molecule has 1 aliphatic rings. The predicted octanol–water partition coefficient (Wildman–Crippen LogP) is 5.04. The molecule has 0 spiro atoms. The summed E-state index contributed by atoms with van der Waals surface area (Å²) in [5, 5.41) is 3.81. The van der Waals surface area contributed by atoms with Gasteiger partial charge in [-0.3, -0.25) is 9.59 Å². The van der Waals surface area contributed by atoms with Gasteiger partial charge in [-0.15, -0.1) is 0 Å². The summed E-state index contributed by atoms with van der Waals surface area (Å²) in [4.78, 5) is 26.8. The van der Waals surface area contributed by atoms with Crippen LogP contribution in [0.2, 0.25) is 5.02 Å². The summed E-state index contributed by atoms with van der Waals surface area (Å²) in [6.07, 6.45) is 0. The zero-order valence-electron chi connectivity index (χ0n) is 14.1. The van der Waals surface area contributed by atoms with Crippen LogP contribution in [0.1, 0.15) is 31.8 Å². The molecule has 3 aromatic carbocycles. The van der Waals surface area contributed by atoms with E-state index >= 15 is 0 Å². The number of rotatable bonds is 3. The highest BCUT2D eigenvalue weighted by atomic mass is 35.5. The largest absolute Gasteiger partial charge is 0.362 e. The number of Topliss-reactive ketones (excluding diaryl/α,β-unsaturated/α-hetero) is 2. The second kappa shape index (κ2) is 6.11. The van der Waals surface area contributed by atoms with Gasteiger partial charge in [0.25, 0.3) is 0 Å². The molecule has 0 atom stereocenters. The maximum absolute atomic E-state index is 13.4. The van der Waals surface area contributed by atoms with Gasteiger partial charge in [-0.1, -0.05) is 66.2 Å². The van der Waals surface area contributed by atoms with Crippen molar-refractivity contribution in [1.29, 1.82) is 0 Å². The van der Waals surface area contributed by atoms with Gasteiger partial charge in [-0.2, -0.15) is 0 Å². The van der Waals surface area contributed by atoms with Crippen molar-refractivity contribution in [1.82, 2.24) is 0 Å². The minimum absolute atomic E-state index is 0.247. The van der Waals surface area contributed by atoms with Crippen LogP contribution in [0.3, 0.4) is 0 Å². The standard InChI is InChI=1S/C22H16ClNO2/c1-14-6-2-5-9-19(14)24-22(15-10-12-16(23)13-11-15)20(25)17-7-3-4-8-18(17)21(22)26/h2-13,24H,1H3. The van der Waals surface area contributed by atoms with Crippen LogP contribution >= 0.6 is 11.6 Å². The fourth-order valence-electron chi connectivity index (χ4n) is 3.45. The van der Waals surface area contributed by atoms with Crippen molar-refractivity contribution in [3.63, 3.8) is 0 Å². The zero-order chi connectivity index (χ0) is 18.3. The van der Waals surface area contributed by atoms with Crippen molar-refractivity contribution < 1.29 is 9.59 Å². The van der Waals surface area contributed by atoms with Crippen LogP contribution in [-0.2, 0) is 5.54 Å². The van der Waals surface area contributed by atoms with Crippen molar-refractivity contribution in [2.45, 2.75) is 12.5 Å². The molecule has 4 rings (SSSR count). The van der Waals surface area contributed by atoms with Crippen molar-refractivity contribution in [3.8, 4) is 0 Å². The predicted molar refractivity (Wildman–Crippen MR) is 103 cm³/mol. The smallest absolute Gasteiger partial charge is 0.201 e. The van der Waals surface area contributed by atoms with E-state index in [4.69, 9.17) is 11.6 Å². The second-order valence-corrected chi connectivity index (χ2v) is 6.84. The van der Waals surface area contributed by atoms with E-state index in [-0.39, 0.29) is 11.6 Å². The molecule has 0 aliphatic heterocycles. The number of benzene rings is 3. The SMILES string of the molecule is Cc1ccccc1NC1(c2ccc(Cl)cc2)C(=O)c2ccccc2C1=O. The fourth-order valence-corrected chi connectivity index (χ4v) is 3.58. The van der Waals surface area contributed by atoms with E-state index in [1.165, 1.54) is 0 Å². The molecule has 0 saturated heterocycles. The summed E-state index contributed by atoms with van der Waals surface area (Å²) in [7, 11) is 0. The van der Waals surface area contributed by atoms with Crippen LogP contribution in [0.25, 0.3) is 0 Å². The first kappa shape index (κ1) is 16.6. The number of ketones is 2. The number of para-hydroxylation sites is 1. The quantitative estimate of drug-likeness (QED) is 0.665. The molecule has 4 heteroatoms. The molecule has 1 aliphatic carbocycles. The van der Waals surface area contributed by atoms with Gasteiger partial charge in [0.1, 0.15) is 0 Å². The first-order chi connectivity index (χ1) is 12.5. The molecule has 26 heavy (non-hydrogen) atoms. The number of nitrogens with one attached hydrogen (secondary N) is 1. The van der Waals surface area contributed by atoms with Gasteiger partial charge in [0.2, 0.25) is 11.6 Å². The average Bonchev–Trinajstić information content (AvgIpc) is 2.87. The number of hydrogen-bond acceptors (Lipinski definition) is 3. The summed E-state index contributed by atoms with van der Waals surface area (Å²) < 4.78 is 0. The normalized spacial score (nSPS) is 15.0. The molecule has 0 heterocycles. The molecule has 0 bridgehead atoms. The first-order valence-corrected chi connectivity index (χ1v) is 8.70. The van der Waals surface area contributed by atoms with E-state index in [0.29, 0.717) is 21.7 Å². The molecule has 0 aromatic heterocycles. The number of halogens is 1. The molecular formula is C22H16ClNO2. The van der Waals surface area contributed by atoms with E-state index in [9.17, 15) is 9.59 Å². The number of aryl methyl sites for hydroxylation is 1. The van der Waals surface area contributed by atoms with Gasteiger partial charge in [-0.25, -0.2) is 0 Å². The minimum Gasteiger partial charge on any atom is -0.362 e. The van der Waals surface area contributed by atoms with E-state index in [2.05, 4.69) is 5.32 Å². The lowest BCUT2D eigenvalue weighted by Crippen LogP contribution is -2.46. The van der Waals surface area contributed by atoms with Crippen molar-refractivity contribution in [2.24, 2.45) is 0 Å². The van der Waals surface area contributed by atoms with Gasteiger partial charge >= 0.3 is 0 Å². The molecule has 0 fully saturated rings. The zero-order valence-corrected chi connectivity index (χ0v) is 14.9. The van der Waals surface area contributed by atoms with E-state index < -0.39 is 5.54 Å². The van der Waals surface area contributed by atoms with Crippen LogP contribution in [0, 0.1) is 6.92 Å². The Morgan fingerprint density at radius 1 is 0.769 bits per heavy atom. The average molecular weight is 362 g/mol. The summed E-state index contributed by atoms with van der Waals surface area (Å²) in [6, 6.07) is 21.4. The number of carbonyl (C=O) groups excluding carboxylic acids is 2. The topological polar surface area (TPSA) is 46.2 Å². The van der Waals surface area contributed by atoms with E-state index in [1.54, 1.807) is 48.5 Å². The maximum atomic E-state index is 13.4. The Hall–Kier alpha value is -2.91. The Bertz CT molecular complexity index is 989. The van der Waals surface area contributed by atoms with Crippen LogP contribution in [0.5, 0.6) is 0 Å². The fraction of sp³-hybridized carbons (Fsp3) is 0.0909. The van der Waals surface area contributed by atoms with Crippen molar-refractivity contribution >= 4 is 28.9 Å². The molecule has 1 N–H and O–H groups in total. The van der Waals surface area contributed by atoms with Crippen LogP contribution in [0.15, 0.2) is 72.8 Å². The van der Waals surface area contributed by atoms with Gasteiger partial charge in [0.05, 0.1) is 0 Å². The molecular weight excluding hydrogens is 346 g/mol. The summed E-state index contributed by atoms with van der Waals surface area (Å²) in [5.41, 5.74) is 1.67. The van der Waals surface area contributed by atoms with E-state index in [1.807, 2.05) is 31.2 Å². The Balaban J connectivity index is 1.95. The van der Waals surface area contributed by atoms with Crippen LogP contribution in [-0.4, -0.2) is 11.6 Å². The van der Waals surface area contributed by atoms with E-state index in [0.717, 1.165) is 11.3 Å². The summed E-state index contributed by atoms with van der Waals surface area (Å²) >= 11 is 6.02. The van der Waals surface area contributed by atoms with Gasteiger partial charge in [-0.05, 0) is 36.2 Å². The number of fused-ring (bicyclic) bond motifs is 1. The third kappa shape index (κ3) is 2.36. The minimum atomic E-state index is -1.49. The lowest BCUT2D eigenvalue weighted by atomic mass is 9.84. The molecule has 3 nitrogen and oxygen atoms in total. The number of anilines is 1. The van der Waals surface area contributed by atoms with Gasteiger partial charge in [0, 0.05) is 21.8 Å². The lowest BCUT2D eigenvalue weighted by molar-refractivity contribution is 0.0819. The highest BCUT2D eigenvalue weighted by Gasteiger charge is 2.54. The van der Waals surface area contributed by atoms with Crippen LogP contribution in [0.4, 0.5) is 5.69 Å². The molecule has 0 unspecified atom stereocenters. The molecule has 0 amide bonds. The van der Waals surface area contributed by atoms with Gasteiger partial charge < -0.3 is 5.32 Å². The highest BCUT2D eigenvalue weighted by Crippen LogP contribution is 2.41.